The predicted molar refractivity (Wildman–Crippen MR) is 108 cm³/mol. The molecule has 1 aromatic carbocycles. The van der Waals surface area contributed by atoms with E-state index in [-0.39, 0.29) is 23.4 Å². The number of carbonyl (C=O) groups is 1. The molecule has 0 radical (unpaired) electrons. The number of benzene rings is 1. The molecule has 11 heteroatoms. The van der Waals surface area contributed by atoms with Gasteiger partial charge in [0.1, 0.15) is 11.6 Å². The molecule has 1 aliphatic heterocycles. The minimum Gasteiger partial charge on any atom is -0.304 e. The maximum absolute atomic E-state index is 12.7. The van der Waals surface area contributed by atoms with Crippen LogP contribution in [0, 0.1) is 13.8 Å². The van der Waals surface area contributed by atoms with Crippen molar-refractivity contribution < 1.29 is 13.2 Å². The van der Waals surface area contributed by atoms with E-state index in [0.717, 1.165) is 5.69 Å². The minimum atomic E-state index is -3.08. The molecule has 1 saturated heterocycles. The van der Waals surface area contributed by atoms with Gasteiger partial charge >= 0.3 is 0 Å². The van der Waals surface area contributed by atoms with E-state index in [1.807, 2.05) is 0 Å². The van der Waals surface area contributed by atoms with Crippen LogP contribution >= 0.6 is 11.6 Å². The van der Waals surface area contributed by atoms with Gasteiger partial charge < -0.3 is 5.32 Å². The fraction of sp³-hybridized carbons (Fsp3) is 0.333. The first-order valence-electron chi connectivity index (χ1n) is 8.99. The smallest absolute Gasteiger partial charge is 0.296 e. The number of hydrogen-bond acceptors (Lipinski definition) is 6. The van der Waals surface area contributed by atoms with Crippen molar-refractivity contribution in [3.05, 3.63) is 52.7 Å². The largest absolute Gasteiger partial charge is 0.304 e. The first-order chi connectivity index (χ1) is 13.7. The van der Waals surface area contributed by atoms with E-state index in [9.17, 15) is 13.2 Å². The summed E-state index contributed by atoms with van der Waals surface area (Å²) in [7, 11) is -3.08. The van der Waals surface area contributed by atoms with Crippen LogP contribution in [-0.4, -0.2) is 50.4 Å². The highest BCUT2D eigenvalue weighted by Gasteiger charge is 2.31. The van der Waals surface area contributed by atoms with E-state index in [4.69, 9.17) is 11.6 Å². The first kappa shape index (κ1) is 19.6. The van der Waals surface area contributed by atoms with Crippen molar-refractivity contribution in [3.63, 3.8) is 0 Å². The van der Waals surface area contributed by atoms with E-state index < -0.39 is 15.7 Å². The van der Waals surface area contributed by atoms with Crippen molar-refractivity contribution >= 4 is 33.2 Å². The van der Waals surface area contributed by atoms with Crippen LogP contribution < -0.4 is 5.32 Å². The second-order valence-electron chi connectivity index (χ2n) is 7.00. The standard InChI is InChI=1S/C18H19ClN6O3S/c1-11-9-16(25(22-11)15-7-8-29(27,28)10-15)21-18(26)17-20-12(2)24(23-17)14-5-3-13(19)4-6-14/h3-6,9,15H,7-8,10H2,1-2H3,(H,21,26). The number of amides is 1. The maximum Gasteiger partial charge on any atom is 0.296 e. The van der Waals surface area contributed by atoms with Gasteiger partial charge in [-0.2, -0.15) is 5.10 Å². The molecule has 152 valence electrons. The summed E-state index contributed by atoms with van der Waals surface area (Å²) in [5.41, 5.74) is 1.41. The summed E-state index contributed by atoms with van der Waals surface area (Å²) in [6, 6.07) is 8.43. The molecule has 0 bridgehead atoms. The molecule has 4 rings (SSSR count). The Morgan fingerprint density at radius 2 is 1.93 bits per heavy atom. The molecule has 1 fully saturated rings. The van der Waals surface area contributed by atoms with Crippen LogP contribution in [0.1, 0.15) is 34.6 Å². The van der Waals surface area contributed by atoms with Crippen LogP contribution in [0.25, 0.3) is 5.69 Å². The van der Waals surface area contributed by atoms with Crippen LogP contribution in [0.5, 0.6) is 0 Å². The molecule has 1 unspecified atom stereocenters. The third kappa shape index (κ3) is 4.03. The average Bonchev–Trinajstić information content (AvgIpc) is 3.32. The lowest BCUT2D eigenvalue weighted by atomic mass is 10.3. The van der Waals surface area contributed by atoms with Crippen LogP contribution in [0.15, 0.2) is 30.3 Å². The number of nitrogens with one attached hydrogen (secondary N) is 1. The van der Waals surface area contributed by atoms with Crippen LogP contribution in [0.4, 0.5) is 5.82 Å². The highest BCUT2D eigenvalue weighted by Crippen LogP contribution is 2.27. The normalized spacial score (nSPS) is 18.1. The number of sulfone groups is 1. The second-order valence-corrected chi connectivity index (χ2v) is 9.66. The van der Waals surface area contributed by atoms with Gasteiger partial charge in [-0.05, 0) is 44.5 Å². The van der Waals surface area contributed by atoms with E-state index in [2.05, 4.69) is 20.5 Å². The van der Waals surface area contributed by atoms with E-state index in [1.165, 1.54) is 0 Å². The number of hydrogen-bond donors (Lipinski definition) is 1. The molecule has 3 heterocycles. The van der Waals surface area contributed by atoms with Gasteiger partial charge in [0.2, 0.25) is 5.82 Å². The van der Waals surface area contributed by atoms with Crippen molar-refractivity contribution in [1.82, 2.24) is 24.5 Å². The zero-order valence-electron chi connectivity index (χ0n) is 15.8. The molecule has 1 atom stereocenters. The summed E-state index contributed by atoms with van der Waals surface area (Å²) in [4.78, 5) is 17.0. The number of aromatic nitrogens is 5. The van der Waals surface area contributed by atoms with Crippen molar-refractivity contribution in [2.75, 3.05) is 16.8 Å². The topological polar surface area (TPSA) is 112 Å². The minimum absolute atomic E-state index is 0.00176. The van der Waals surface area contributed by atoms with Gasteiger partial charge in [-0.15, -0.1) is 5.10 Å². The molecule has 1 amide bonds. The zero-order chi connectivity index (χ0) is 20.8. The Morgan fingerprint density at radius 1 is 1.21 bits per heavy atom. The van der Waals surface area contributed by atoms with Gasteiger partial charge in [-0.25, -0.2) is 22.8 Å². The van der Waals surface area contributed by atoms with E-state index in [0.29, 0.717) is 28.8 Å². The average molecular weight is 435 g/mol. The van der Waals surface area contributed by atoms with Crippen LogP contribution in [-0.2, 0) is 9.84 Å². The monoisotopic (exact) mass is 434 g/mol. The Kier molecular flexibility index (Phi) is 4.91. The number of carbonyl (C=O) groups excluding carboxylic acids is 1. The Morgan fingerprint density at radius 3 is 2.59 bits per heavy atom. The van der Waals surface area contributed by atoms with Gasteiger partial charge in [-0.1, -0.05) is 11.6 Å². The molecule has 2 aromatic heterocycles. The number of nitrogens with zero attached hydrogens (tertiary/aromatic N) is 5. The molecule has 0 saturated carbocycles. The van der Waals surface area contributed by atoms with Gasteiger partial charge in [0.05, 0.1) is 28.9 Å². The second kappa shape index (κ2) is 7.27. The highest BCUT2D eigenvalue weighted by atomic mass is 35.5. The quantitative estimate of drug-likeness (QED) is 0.674. The molecule has 9 nitrogen and oxygen atoms in total. The third-order valence-electron chi connectivity index (χ3n) is 4.70. The van der Waals surface area contributed by atoms with Crippen LogP contribution in [0.3, 0.4) is 0 Å². The van der Waals surface area contributed by atoms with Gasteiger partial charge in [0, 0.05) is 11.1 Å². The molecule has 1 aliphatic rings. The summed E-state index contributed by atoms with van der Waals surface area (Å²) in [6.07, 6.45) is 0.467. The van der Waals surface area contributed by atoms with Crippen LogP contribution in [0.2, 0.25) is 5.02 Å². The molecular formula is C18H19ClN6O3S. The molecule has 3 aromatic rings. The number of rotatable bonds is 4. The number of halogens is 1. The number of aryl methyl sites for hydroxylation is 2. The van der Waals surface area contributed by atoms with Crippen molar-refractivity contribution in [2.45, 2.75) is 26.3 Å². The molecule has 0 aliphatic carbocycles. The zero-order valence-corrected chi connectivity index (χ0v) is 17.4. The van der Waals surface area contributed by atoms with Crippen molar-refractivity contribution in [3.8, 4) is 5.69 Å². The lowest BCUT2D eigenvalue weighted by Gasteiger charge is -2.13. The first-order valence-corrected chi connectivity index (χ1v) is 11.2. The molecular weight excluding hydrogens is 416 g/mol. The Balaban J connectivity index is 1.58. The Labute approximate surface area is 172 Å². The summed E-state index contributed by atoms with van der Waals surface area (Å²) >= 11 is 5.92. The van der Waals surface area contributed by atoms with E-state index >= 15 is 0 Å². The maximum atomic E-state index is 12.7. The summed E-state index contributed by atoms with van der Waals surface area (Å²) in [5.74, 6) is 0.610. The third-order valence-corrected chi connectivity index (χ3v) is 6.70. The summed E-state index contributed by atoms with van der Waals surface area (Å²) in [6.45, 7) is 3.53. The van der Waals surface area contributed by atoms with Crippen molar-refractivity contribution in [2.24, 2.45) is 0 Å². The summed E-state index contributed by atoms with van der Waals surface area (Å²) in [5, 5.41) is 12.0. The Bertz CT molecular complexity index is 1180. The molecule has 29 heavy (non-hydrogen) atoms. The SMILES string of the molecule is Cc1cc(NC(=O)c2nc(C)n(-c3ccc(Cl)cc3)n2)n(C2CCS(=O)(=O)C2)n1. The predicted octanol–water partition coefficient (Wildman–Crippen LogP) is 2.35. The lowest BCUT2D eigenvalue weighted by molar-refractivity contribution is 0.101. The highest BCUT2D eigenvalue weighted by molar-refractivity contribution is 7.91. The fourth-order valence-electron chi connectivity index (χ4n) is 3.34. The Hall–Kier alpha value is -2.72. The van der Waals surface area contributed by atoms with Gasteiger partial charge in [0.15, 0.2) is 9.84 Å². The summed E-state index contributed by atoms with van der Waals surface area (Å²) < 4.78 is 26.7. The van der Waals surface area contributed by atoms with E-state index in [1.54, 1.807) is 53.5 Å². The van der Waals surface area contributed by atoms with Crippen molar-refractivity contribution in [1.29, 1.82) is 0 Å². The number of anilines is 1. The van der Waals surface area contributed by atoms with Gasteiger partial charge in [0.25, 0.3) is 5.91 Å². The fourth-order valence-corrected chi connectivity index (χ4v) is 5.16. The van der Waals surface area contributed by atoms with Gasteiger partial charge in [-0.3, -0.25) is 4.79 Å². The molecule has 1 N–H and O–H groups in total. The molecule has 0 spiro atoms. The lowest BCUT2D eigenvalue weighted by Crippen LogP contribution is -2.20.